The molecule has 0 saturated carbocycles. The molecule has 202 valence electrons. The average molecular weight is 523 g/mol. The predicted octanol–water partition coefficient (Wildman–Crippen LogP) is 2.74. The summed E-state index contributed by atoms with van der Waals surface area (Å²) in [5, 5.41) is 0. The Kier molecular flexibility index (Phi) is 8.05. The van der Waals surface area contributed by atoms with Gasteiger partial charge in [0, 0.05) is 44.1 Å². The number of fused-ring (bicyclic) bond motifs is 1. The van der Waals surface area contributed by atoms with Crippen LogP contribution in [0.4, 0.5) is 10.2 Å². The normalized spacial score (nSPS) is 27.4. The Balaban J connectivity index is 1.43. The predicted molar refractivity (Wildman–Crippen MR) is 142 cm³/mol. The Bertz CT molecular complexity index is 1160. The molecule has 2 saturated heterocycles. The third-order valence-corrected chi connectivity index (χ3v) is 7.98. The van der Waals surface area contributed by atoms with Crippen LogP contribution in [-0.2, 0) is 22.6 Å². The van der Waals surface area contributed by atoms with E-state index >= 15 is 0 Å². The Hall–Kier alpha value is -3.29. The quantitative estimate of drug-likeness (QED) is 0.403. The highest BCUT2D eigenvalue weighted by atomic mass is 19.1. The summed E-state index contributed by atoms with van der Waals surface area (Å²) in [6, 6.07) is 0.343. The molecule has 0 spiro atoms. The van der Waals surface area contributed by atoms with Crippen LogP contribution in [0.15, 0.2) is 36.5 Å². The molecule has 38 heavy (non-hydrogen) atoms. The number of aromatic nitrogens is 2. The van der Waals surface area contributed by atoms with Crippen molar-refractivity contribution in [2.75, 3.05) is 51.3 Å². The molecule has 1 aromatic rings. The first-order valence-electron chi connectivity index (χ1n) is 13.3. The highest BCUT2D eigenvalue weighted by Gasteiger charge is 2.36. The molecule has 4 heterocycles. The maximum Gasteiger partial charge on any atom is 0.318 e. The van der Waals surface area contributed by atoms with E-state index in [0.717, 1.165) is 30.6 Å². The topological polar surface area (TPSA) is 75.4 Å². The first-order chi connectivity index (χ1) is 18.5. The summed E-state index contributed by atoms with van der Waals surface area (Å²) in [7, 11) is 2.10. The largest absolute Gasteiger partial charge is 0.462 e. The molecule has 0 N–H and O–H groups in total. The number of halogens is 1. The molecule has 1 aliphatic carbocycles. The second-order valence-electron chi connectivity index (χ2n) is 10.3. The zero-order chi connectivity index (χ0) is 26.6. The third kappa shape index (κ3) is 5.45. The van der Waals surface area contributed by atoms with Crippen molar-refractivity contribution in [2.45, 2.75) is 56.6 Å². The summed E-state index contributed by atoms with van der Waals surface area (Å²) in [5.74, 6) is 0.535. The third-order valence-electron chi connectivity index (χ3n) is 7.98. The molecule has 1 aromatic heterocycles. The van der Waals surface area contributed by atoms with E-state index in [-0.39, 0.29) is 25.1 Å². The second kappa shape index (κ2) is 11.6. The molecular formula is C28H35FN6O3. The van der Waals surface area contributed by atoms with Crippen molar-refractivity contribution in [1.82, 2.24) is 19.8 Å². The Morgan fingerprint density at radius 1 is 1.34 bits per heavy atom. The molecule has 2 unspecified atom stereocenters. The first kappa shape index (κ1) is 26.3. The molecule has 4 aliphatic rings. The number of rotatable bonds is 7. The van der Waals surface area contributed by atoms with Gasteiger partial charge in [-0.2, -0.15) is 9.97 Å². The minimum Gasteiger partial charge on any atom is -0.462 e. The van der Waals surface area contributed by atoms with Crippen molar-refractivity contribution in [3.05, 3.63) is 59.1 Å². The number of carbonyl (C=O) groups is 1. The molecule has 10 heteroatoms. The number of piperazine rings is 1. The molecular weight excluding hydrogens is 487 g/mol. The number of carbonyl (C=O) groups excluding carboxylic acids is 1. The fourth-order valence-corrected chi connectivity index (χ4v) is 5.77. The highest BCUT2D eigenvalue weighted by Crippen LogP contribution is 2.35. The van der Waals surface area contributed by atoms with Crippen LogP contribution >= 0.6 is 0 Å². The lowest BCUT2D eigenvalue weighted by Crippen LogP contribution is -2.56. The van der Waals surface area contributed by atoms with Crippen LogP contribution in [0.25, 0.3) is 4.85 Å². The van der Waals surface area contributed by atoms with E-state index in [2.05, 4.69) is 28.3 Å². The lowest BCUT2D eigenvalue weighted by atomic mass is 9.92. The Morgan fingerprint density at radius 2 is 2.21 bits per heavy atom. The van der Waals surface area contributed by atoms with Gasteiger partial charge >= 0.3 is 6.01 Å². The van der Waals surface area contributed by atoms with Crippen molar-refractivity contribution in [2.24, 2.45) is 0 Å². The lowest BCUT2D eigenvalue weighted by molar-refractivity contribution is -0.128. The molecule has 0 aromatic carbocycles. The summed E-state index contributed by atoms with van der Waals surface area (Å²) in [4.78, 5) is 31.7. The number of alkyl halides is 1. The van der Waals surface area contributed by atoms with Gasteiger partial charge in [0.05, 0.1) is 18.4 Å². The average Bonchev–Trinajstić information content (AvgIpc) is 3.35. The number of likely N-dealkylation sites (N-methyl/N-ethyl adjacent to an activating group) is 1. The van der Waals surface area contributed by atoms with Gasteiger partial charge in [-0.25, -0.2) is 11.0 Å². The smallest absolute Gasteiger partial charge is 0.318 e. The van der Waals surface area contributed by atoms with Gasteiger partial charge in [0.25, 0.3) is 0 Å². The van der Waals surface area contributed by atoms with E-state index in [1.54, 1.807) is 4.90 Å². The summed E-state index contributed by atoms with van der Waals surface area (Å²) in [6.07, 6.45) is 8.36. The van der Waals surface area contributed by atoms with Gasteiger partial charge in [0.15, 0.2) is 0 Å². The summed E-state index contributed by atoms with van der Waals surface area (Å²) >= 11 is 0. The standard InChI is InChI=1S/C28H35FN6O3/c1-4-26(36)35-13-12-34(16-20(35)15-30-2)27-22-18-37-25(21-9-5-6-10-23(21)29)14-24(22)31-28(32-27)38-17-19-8-7-11-33(19)3/h4-6,9,19-20,23,25H,1,7-8,10-18H2,3H3/t19-,20-,23?,25?/m0/s1. The van der Waals surface area contributed by atoms with Crippen LogP contribution in [0.3, 0.4) is 0 Å². The Morgan fingerprint density at radius 3 is 2.95 bits per heavy atom. The maximum absolute atomic E-state index is 14.7. The van der Waals surface area contributed by atoms with E-state index in [9.17, 15) is 9.18 Å². The maximum atomic E-state index is 14.7. The summed E-state index contributed by atoms with van der Waals surface area (Å²) in [6.45, 7) is 14.5. The number of amides is 1. The lowest BCUT2D eigenvalue weighted by Gasteiger charge is -2.40. The number of ether oxygens (including phenoxy) is 2. The van der Waals surface area contributed by atoms with E-state index in [4.69, 9.17) is 26.0 Å². The minimum atomic E-state index is -1.06. The number of hydrogen-bond donors (Lipinski definition) is 0. The molecule has 1 amide bonds. The monoisotopic (exact) mass is 522 g/mol. The van der Waals surface area contributed by atoms with Gasteiger partial charge in [0.2, 0.25) is 12.5 Å². The van der Waals surface area contributed by atoms with Gasteiger partial charge in [-0.05, 0) is 38.1 Å². The summed E-state index contributed by atoms with van der Waals surface area (Å²) < 4.78 is 27.0. The number of anilines is 1. The molecule has 5 rings (SSSR count). The van der Waals surface area contributed by atoms with Crippen molar-refractivity contribution >= 4 is 11.7 Å². The number of hydrogen-bond acceptors (Lipinski definition) is 7. The highest BCUT2D eigenvalue weighted by molar-refractivity contribution is 5.87. The molecule has 0 bridgehead atoms. The van der Waals surface area contributed by atoms with E-state index in [1.165, 1.54) is 6.08 Å². The van der Waals surface area contributed by atoms with Gasteiger partial charge in [0.1, 0.15) is 24.6 Å². The van der Waals surface area contributed by atoms with E-state index in [0.29, 0.717) is 62.5 Å². The molecule has 2 fully saturated rings. The zero-order valence-corrected chi connectivity index (χ0v) is 21.9. The van der Waals surface area contributed by atoms with E-state index < -0.39 is 12.3 Å². The SMILES string of the molecule is [C-]#[N+]C[C@H]1CN(c2nc(OC[C@@H]3CCCN3C)nc3c2COC(C2=CC=CCC2F)C3)CCN1C(=O)C=C. The number of likely N-dealkylation sites (tertiary alicyclic amines) is 1. The van der Waals surface area contributed by atoms with Crippen LogP contribution in [0.2, 0.25) is 0 Å². The molecule has 3 aliphatic heterocycles. The fourth-order valence-electron chi connectivity index (χ4n) is 5.77. The second-order valence-corrected chi connectivity index (χ2v) is 10.3. The van der Waals surface area contributed by atoms with Crippen molar-refractivity contribution in [3.8, 4) is 6.01 Å². The molecule has 4 atom stereocenters. The van der Waals surface area contributed by atoms with Crippen LogP contribution in [0.5, 0.6) is 6.01 Å². The molecule has 9 nitrogen and oxygen atoms in total. The Labute approximate surface area is 223 Å². The summed E-state index contributed by atoms with van der Waals surface area (Å²) in [5.41, 5.74) is 2.30. The van der Waals surface area contributed by atoms with Gasteiger partial charge in [-0.15, -0.1) is 0 Å². The van der Waals surface area contributed by atoms with Gasteiger partial charge < -0.3 is 29.0 Å². The number of allylic oxidation sites excluding steroid dienone is 3. The van der Waals surface area contributed by atoms with E-state index in [1.807, 2.05) is 18.2 Å². The number of nitrogens with zero attached hydrogens (tertiary/aromatic N) is 6. The van der Waals surface area contributed by atoms with Crippen molar-refractivity contribution in [1.29, 1.82) is 0 Å². The van der Waals surface area contributed by atoms with Crippen molar-refractivity contribution < 1.29 is 18.7 Å². The zero-order valence-electron chi connectivity index (χ0n) is 21.9. The van der Waals surface area contributed by atoms with Crippen LogP contribution < -0.4 is 9.64 Å². The molecule has 0 radical (unpaired) electrons. The van der Waals surface area contributed by atoms with Gasteiger partial charge in [-0.3, -0.25) is 4.79 Å². The minimum absolute atomic E-state index is 0.172. The van der Waals surface area contributed by atoms with Crippen LogP contribution in [-0.4, -0.2) is 96.4 Å². The fraction of sp³-hybridized carbons (Fsp3) is 0.571. The van der Waals surface area contributed by atoms with Gasteiger partial charge in [-0.1, -0.05) is 24.8 Å². The van der Waals surface area contributed by atoms with Crippen LogP contribution in [0, 0.1) is 6.57 Å². The van der Waals surface area contributed by atoms with Crippen LogP contribution in [0.1, 0.15) is 30.5 Å². The first-order valence-corrected chi connectivity index (χ1v) is 13.3. The van der Waals surface area contributed by atoms with Crippen molar-refractivity contribution in [3.63, 3.8) is 0 Å².